The van der Waals surface area contributed by atoms with Crippen LogP contribution >= 0.6 is 55.1 Å². The number of anilines is 1. The van der Waals surface area contributed by atoms with Gasteiger partial charge in [-0.15, -0.1) is 0 Å². The molecule has 6 nitrogen and oxygen atoms in total. The molecular weight excluding hydrogens is 635 g/mol. The number of halogens is 4. The van der Waals surface area contributed by atoms with Crippen LogP contribution in [0.3, 0.4) is 0 Å². The van der Waals surface area contributed by atoms with Crippen LogP contribution in [-0.4, -0.2) is 19.6 Å². The molecule has 0 aliphatic heterocycles. The highest BCUT2D eigenvalue weighted by Gasteiger charge is 2.19. The number of carbonyl (C=O) groups excluding carboxylic acids is 1. The summed E-state index contributed by atoms with van der Waals surface area (Å²) in [5.74, 6) is 0.975. The molecule has 10 heteroatoms. The summed E-state index contributed by atoms with van der Waals surface area (Å²) in [6.07, 6.45) is 1.46. The van der Waals surface area contributed by atoms with E-state index in [0.29, 0.717) is 54.1 Å². The largest absolute Gasteiger partial charge is 0.494 e. The average molecular weight is 655 g/mol. The Bertz CT molecular complexity index is 1340. The molecule has 0 aliphatic carbocycles. The quantitative estimate of drug-likeness (QED) is 0.187. The van der Waals surface area contributed by atoms with Crippen molar-refractivity contribution in [1.82, 2.24) is 0 Å². The minimum Gasteiger partial charge on any atom is -0.494 e. The molecule has 0 aromatic heterocycles. The number of hydrogen-bond acceptors (Lipinski definition) is 5. The van der Waals surface area contributed by atoms with Crippen LogP contribution in [0.5, 0.6) is 17.2 Å². The van der Waals surface area contributed by atoms with Crippen molar-refractivity contribution < 1.29 is 19.0 Å². The number of hydrogen-bond donors (Lipinski definition) is 1. The fourth-order valence-corrected chi connectivity index (χ4v) is 4.35. The maximum Gasteiger partial charge on any atom is 0.266 e. The van der Waals surface area contributed by atoms with Gasteiger partial charge in [0.1, 0.15) is 24.0 Å². The molecule has 0 atom stereocenters. The molecule has 1 N–H and O–H groups in total. The van der Waals surface area contributed by atoms with Gasteiger partial charge in [0.15, 0.2) is 11.5 Å². The second kappa shape index (κ2) is 13.0. The third-order valence-corrected chi connectivity index (χ3v) is 7.71. The van der Waals surface area contributed by atoms with Crippen molar-refractivity contribution in [3.63, 3.8) is 0 Å². The number of carbonyl (C=O) groups is 1. The molecule has 186 valence electrons. The monoisotopic (exact) mass is 652 g/mol. The van der Waals surface area contributed by atoms with E-state index < -0.39 is 5.91 Å². The predicted molar refractivity (Wildman–Crippen MR) is 149 cm³/mol. The van der Waals surface area contributed by atoms with Crippen molar-refractivity contribution in [1.29, 1.82) is 5.26 Å². The summed E-state index contributed by atoms with van der Waals surface area (Å²) in [6.45, 7) is 2.64. The van der Waals surface area contributed by atoms with Gasteiger partial charge in [0.2, 0.25) is 0 Å². The van der Waals surface area contributed by atoms with Crippen LogP contribution in [0, 0.1) is 11.3 Å². The molecule has 0 heterocycles. The molecule has 0 bridgehead atoms. The smallest absolute Gasteiger partial charge is 0.266 e. The summed E-state index contributed by atoms with van der Waals surface area (Å²) in [5, 5.41) is 13.2. The lowest BCUT2D eigenvalue weighted by Gasteiger charge is -2.16. The van der Waals surface area contributed by atoms with Gasteiger partial charge in [-0.1, -0.05) is 29.3 Å². The number of ether oxygens (including phenoxy) is 3. The van der Waals surface area contributed by atoms with Crippen molar-refractivity contribution in [2.75, 3.05) is 19.0 Å². The Morgan fingerprint density at radius 2 is 1.78 bits per heavy atom. The molecule has 0 radical (unpaired) electrons. The lowest BCUT2D eigenvalue weighted by molar-refractivity contribution is -0.112. The first kappa shape index (κ1) is 27.9. The third-order valence-electron chi connectivity index (χ3n) is 4.83. The Kier molecular flexibility index (Phi) is 10.1. The van der Waals surface area contributed by atoms with Gasteiger partial charge in [0, 0.05) is 10.2 Å². The molecule has 3 aromatic carbocycles. The minimum atomic E-state index is -0.552. The summed E-state index contributed by atoms with van der Waals surface area (Å²) in [5.41, 5.74) is 1.80. The Morgan fingerprint density at radius 1 is 1.06 bits per heavy atom. The van der Waals surface area contributed by atoms with Crippen LogP contribution in [0.4, 0.5) is 5.69 Å². The molecule has 0 aliphatic rings. The summed E-state index contributed by atoms with van der Waals surface area (Å²) in [4.78, 5) is 12.8. The number of nitrogens with one attached hydrogen (secondary N) is 1. The van der Waals surface area contributed by atoms with Crippen LogP contribution in [0.25, 0.3) is 6.08 Å². The molecule has 36 heavy (non-hydrogen) atoms. The zero-order valence-electron chi connectivity index (χ0n) is 19.2. The van der Waals surface area contributed by atoms with Gasteiger partial charge in [-0.3, -0.25) is 4.79 Å². The molecule has 3 aromatic rings. The van der Waals surface area contributed by atoms with E-state index in [4.69, 9.17) is 37.4 Å². The number of rotatable bonds is 9. The third kappa shape index (κ3) is 6.95. The molecule has 0 saturated heterocycles. The van der Waals surface area contributed by atoms with E-state index in [1.807, 2.05) is 19.1 Å². The Labute approximate surface area is 236 Å². The normalized spacial score (nSPS) is 11.0. The number of amides is 1. The van der Waals surface area contributed by atoms with Crippen LogP contribution in [0.15, 0.2) is 63.0 Å². The topological polar surface area (TPSA) is 80.6 Å². The molecular formula is C26H20Br2Cl2N2O4. The lowest BCUT2D eigenvalue weighted by Crippen LogP contribution is -2.13. The number of benzene rings is 3. The highest BCUT2D eigenvalue weighted by Crippen LogP contribution is 2.44. The van der Waals surface area contributed by atoms with Crippen LogP contribution in [0.2, 0.25) is 10.0 Å². The van der Waals surface area contributed by atoms with Crippen molar-refractivity contribution in [3.8, 4) is 23.3 Å². The van der Waals surface area contributed by atoms with E-state index in [9.17, 15) is 10.1 Å². The maximum absolute atomic E-state index is 12.8. The van der Waals surface area contributed by atoms with Gasteiger partial charge in [-0.05, 0) is 98.5 Å². The Balaban J connectivity index is 1.84. The summed E-state index contributed by atoms with van der Waals surface area (Å²) in [6, 6.07) is 15.7. The predicted octanol–water partition coefficient (Wildman–Crippen LogP) is 8.05. The number of methoxy groups -OCH3 is 1. The first-order valence-electron chi connectivity index (χ1n) is 10.6. The molecule has 0 unspecified atom stereocenters. The van der Waals surface area contributed by atoms with Gasteiger partial charge in [0.05, 0.1) is 28.2 Å². The molecule has 0 saturated carbocycles. The van der Waals surface area contributed by atoms with Crippen molar-refractivity contribution >= 4 is 72.7 Å². The molecule has 3 rings (SSSR count). The van der Waals surface area contributed by atoms with Crippen LogP contribution in [-0.2, 0) is 11.4 Å². The summed E-state index contributed by atoms with van der Waals surface area (Å²) >= 11 is 19.1. The summed E-state index contributed by atoms with van der Waals surface area (Å²) < 4.78 is 18.0. The number of nitriles is 1. The van der Waals surface area contributed by atoms with Crippen molar-refractivity contribution in [3.05, 3.63) is 84.2 Å². The summed E-state index contributed by atoms with van der Waals surface area (Å²) in [7, 11) is 1.50. The fourth-order valence-electron chi connectivity index (χ4n) is 3.08. The van der Waals surface area contributed by atoms with Gasteiger partial charge in [-0.2, -0.15) is 5.26 Å². The first-order chi connectivity index (χ1) is 17.3. The van der Waals surface area contributed by atoms with E-state index in [2.05, 4.69) is 37.2 Å². The van der Waals surface area contributed by atoms with Crippen molar-refractivity contribution in [2.45, 2.75) is 13.5 Å². The van der Waals surface area contributed by atoms with E-state index in [1.165, 1.54) is 13.2 Å². The standard InChI is InChI=1S/C26H20Br2Cl2N2O4/c1-3-35-19-7-5-18(6-8-19)32-26(33)17(13-31)11-16-12-22(34-2)25(24(28)23(16)27)36-14-15-4-9-20(29)21(30)10-15/h4-12H,3,14H2,1-2H3,(H,32,33)/b17-11-. The number of nitrogens with zero attached hydrogens (tertiary/aromatic N) is 1. The first-order valence-corrected chi connectivity index (χ1v) is 12.9. The maximum atomic E-state index is 12.8. The van der Waals surface area contributed by atoms with Crippen molar-refractivity contribution in [2.24, 2.45) is 0 Å². The Hall–Kier alpha value is -2.70. The zero-order chi connectivity index (χ0) is 26.2. The second-order valence-corrected chi connectivity index (χ2v) is 9.64. The van der Waals surface area contributed by atoms with Gasteiger partial charge in [-0.25, -0.2) is 0 Å². The van der Waals surface area contributed by atoms with E-state index >= 15 is 0 Å². The van der Waals surface area contributed by atoms with Gasteiger partial charge >= 0.3 is 0 Å². The highest BCUT2D eigenvalue weighted by molar-refractivity contribution is 9.13. The Morgan fingerprint density at radius 3 is 2.39 bits per heavy atom. The average Bonchev–Trinajstić information content (AvgIpc) is 2.87. The van der Waals surface area contributed by atoms with Crippen LogP contribution < -0.4 is 19.5 Å². The minimum absolute atomic E-state index is 0.0944. The zero-order valence-corrected chi connectivity index (χ0v) is 23.9. The molecule has 1 amide bonds. The van der Waals surface area contributed by atoms with E-state index in [1.54, 1.807) is 42.5 Å². The second-order valence-electron chi connectivity index (χ2n) is 7.24. The fraction of sp³-hybridized carbons (Fsp3) is 0.154. The van der Waals surface area contributed by atoms with E-state index in [-0.39, 0.29) is 12.2 Å². The highest BCUT2D eigenvalue weighted by atomic mass is 79.9. The lowest BCUT2D eigenvalue weighted by atomic mass is 10.1. The SMILES string of the molecule is CCOc1ccc(NC(=O)/C(C#N)=C\c2cc(OC)c(OCc3ccc(Cl)c(Cl)c3)c(Br)c2Br)cc1. The van der Waals surface area contributed by atoms with Crippen LogP contribution in [0.1, 0.15) is 18.1 Å². The molecule has 0 spiro atoms. The van der Waals surface area contributed by atoms with Gasteiger partial charge < -0.3 is 19.5 Å². The van der Waals surface area contributed by atoms with Gasteiger partial charge in [0.25, 0.3) is 5.91 Å². The molecule has 0 fully saturated rings. The van der Waals surface area contributed by atoms with E-state index in [0.717, 1.165) is 5.56 Å².